The van der Waals surface area contributed by atoms with E-state index < -0.39 is 10.0 Å². The number of pyridine rings is 2. The molecule has 0 amide bonds. The van der Waals surface area contributed by atoms with E-state index in [4.69, 9.17) is 34.8 Å². The topological polar surface area (TPSA) is 72.0 Å². The molecule has 0 radical (unpaired) electrons. The quantitative estimate of drug-likeness (QED) is 0.872. The first-order chi connectivity index (χ1) is 8.88. The van der Waals surface area contributed by atoms with Gasteiger partial charge in [0.25, 0.3) is 10.0 Å². The molecule has 0 aromatic carbocycles. The largest absolute Gasteiger partial charge is 0.264 e. The molecule has 2 heterocycles. The monoisotopic (exact) mass is 337 g/mol. The van der Waals surface area contributed by atoms with Crippen molar-refractivity contribution < 1.29 is 8.42 Å². The molecule has 0 bridgehead atoms. The van der Waals surface area contributed by atoms with E-state index in [9.17, 15) is 8.42 Å². The lowest BCUT2D eigenvalue weighted by atomic mass is 10.5. The van der Waals surface area contributed by atoms with Crippen molar-refractivity contribution in [3.05, 3.63) is 45.8 Å². The molecule has 0 unspecified atom stereocenters. The summed E-state index contributed by atoms with van der Waals surface area (Å²) in [5.74, 6) is -0.0129. The van der Waals surface area contributed by atoms with Gasteiger partial charge in [0.1, 0.15) is 10.0 Å². The van der Waals surface area contributed by atoms with Crippen molar-refractivity contribution in [2.24, 2.45) is 0 Å². The summed E-state index contributed by atoms with van der Waals surface area (Å²) >= 11 is 17.1. The second kappa shape index (κ2) is 5.50. The molecule has 2 aromatic rings. The molecule has 100 valence electrons. The second-order valence-corrected chi connectivity index (χ2v) is 6.32. The van der Waals surface area contributed by atoms with Gasteiger partial charge in [-0.05, 0) is 18.2 Å². The number of halogens is 3. The minimum absolute atomic E-state index is 0.0129. The molecular formula is C10H6Cl3N3O2S. The molecule has 0 atom stereocenters. The van der Waals surface area contributed by atoms with Crippen molar-refractivity contribution in [2.75, 3.05) is 4.72 Å². The van der Waals surface area contributed by atoms with Crippen molar-refractivity contribution in [3.63, 3.8) is 0 Å². The van der Waals surface area contributed by atoms with Gasteiger partial charge in [-0.2, -0.15) is 0 Å². The van der Waals surface area contributed by atoms with Gasteiger partial charge in [0.2, 0.25) is 0 Å². The smallest absolute Gasteiger partial charge is 0.262 e. The first-order valence-corrected chi connectivity index (χ1v) is 7.45. The third-order valence-electron chi connectivity index (χ3n) is 2.05. The molecule has 19 heavy (non-hydrogen) atoms. The first kappa shape index (κ1) is 14.3. The fourth-order valence-electron chi connectivity index (χ4n) is 1.20. The van der Waals surface area contributed by atoms with Crippen LogP contribution in [0.5, 0.6) is 0 Å². The van der Waals surface area contributed by atoms with Crippen LogP contribution in [0.25, 0.3) is 0 Å². The Labute approximate surface area is 124 Å². The molecule has 5 nitrogen and oxygen atoms in total. The molecule has 0 aliphatic heterocycles. The average molecular weight is 339 g/mol. The van der Waals surface area contributed by atoms with Gasteiger partial charge in [0.05, 0.1) is 10.0 Å². The molecule has 9 heteroatoms. The summed E-state index contributed by atoms with van der Waals surface area (Å²) in [4.78, 5) is 7.45. The van der Waals surface area contributed by atoms with E-state index in [1.165, 1.54) is 24.4 Å². The highest BCUT2D eigenvalue weighted by Crippen LogP contribution is 2.25. The fraction of sp³-hybridized carbons (Fsp3) is 0. The van der Waals surface area contributed by atoms with E-state index in [0.29, 0.717) is 5.02 Å². The summed E-state index contributed by atoms with van der Waals surface area (Å²) in [6, 6.07) is 4.07. The normalized spacial score (nSPS) is 11.3. The van der Waals surface area contributed by atoms with Gasteiger partial charge in [-0.25, -0.2) is 18.4 Å². The van der Waals surface area contributed by atoms with Crippen molar-refractivity contribution in [1.82, 2.24) is 9.97 Å². The number of hydrogen-bond acceptors (Lipinski definition) is 4. The molecule has 1 N–H and O–H groups in total. The van der Waals surface area contributed by atoms with Gasteiger partial charge < -0.3 is 0 Å². The number of nitrogens with zero attached hydrogens (tertiary/aromatic N) is 2. The third-order valence-corrected chi connectivity index (χ3v) is 4.09. The fourth-order valence-corrected chi connectivity index (χ4v) is 2.77. The maximum Gasteiger partial charge on any atom is 0.264 e. The maximum atomic E-state index is 12.0. The van der Waals surface area contributed by atoms with Crippen molar-refractivity contribution in [3.8, 4) is 0 Å². The van der Waals surface area contributed by atoms with Gasteiger partial charge in [-0.3, -0.25) is 4.72 Å². The van der Waals surface area contributed by atoms with Crippen LogP contribution in [-0.4, -0.2) is 18.4 Å². The summed E-state index contributed by atoms with van der Waals surface area (Å²) in [6.07, 6.45) is 2.42. The minimum Gasteiger partial charge on any atom is -0.262 e. The zero-order valence-corrected chi connectivity index (χ0v) is 12.2. The van der Waals surface area contributed by atoms with Crippen LogP contribution in [0.15, 0.2) is 35.5 Å². The predicted octanol–water partition coefficient (Wildman–Crippen LogP) is 3.24. The molecule has 2 rings (SSSR count). The van der Waals surface area contributed by atoms with Gasteiger partial charge in [-0.15, -0.1) is 0 Å². The Morgan fingerprint density at radius 2 is 1.79 bits per heavy atom. The van der Waals surface area contributed by atoms with Gasteiger partial charge >= 0.3 is 0 Å². The van der Waals surface area contributed by atoms with E-state index in [2.05, 4.69) is 14.7 Å². The van der Waals surface area contributed by atoms with E-state index in [0.717, 1.165) is 6.20 Å². The number of hydrogen-bond donors (Lipinski definition) is 1. The molecular weight excluding hydrogens is 333 g/mol. The van der Waals surface area contributed by atoms with Crippen molar-refractivity contribution >= 4 is 50.6 Å². The van der Waals surface area contributed by atoms with E-state index in [1.807, 2.05) is 0 Å². The summed E-state index contributed by atoms with van der Waals surface area (Å²) in [5, 5.41) is 0.598. The van der Waals surface area contributed by atoms with E-state index in [-0.39, 0.29) is 20.9 Å². The van der Waals surface area contributed by atoms with Crippen LogP contribution in [0.2, 0.25) is 15.2 Å². The highest BCUT2D eigenvalue weighted by molar-refractivity contribution is 7.92. The zero-order valence-electron chi connectivity index (χ0n) is 9.14. The first-order valence-electron chi connectivity index (χ1n) is 4.84. The Morgan fingerprint density at radius 3 is 2.37 bits per heavy atom. The summed E-state index contributed by atoms with van der Waals surface area (Å²) < 4.78 is 26.3. The lowest BCUT2D eigenvalue weighted by Crippen LogP contribution is -2.14. The second-order valence-electron chi connectivity index (χ2n) is 3.41. The summed E-state index contributed by atoms with van der Waals surface area (Å²) in [5.41, 5.74) is 0. The van der Waals surface area contributed by atoms with Crippen LogP contribution in [0.4, 0.5) is 5.82 Å². The number of nitrogens with one attached hydrogen (secondary N) is 1. The Morgan fingerprint density at radius 1 is 1.05 bits per heavy atom. The van der Waals surface area contributed by atoms with Crippen molar-refractivity contribution in [1.29, 1.82) is 0 Å². The van der Waals surface area contributed by atoms with Crippen LogP contribution >= 0.6 is 34.8 Å². The molecule has 0 aliphatic rings. The Bertz CT molecular complexity index is 704. The standard InChI is InChI=1S/C10H6Cl3N3O2S/c11-6-3-8(12)10(15-4-6)16-19(17,18)7-1-2-9(13)14-5-7/h1-5H,(H,15,16). The SMILES string of the molecule is O=S(=O)(Nc1ncc(Cl)cc1Cl)c1ccc(Cl)nc1. The molecule has 0 aliphatic carbocycles. The predicted molar refractivity (Wildman–Crippen MR) is 74.3 cm³/mol. The lowest BCUT2D eigenvalue weighted by Gasteiger charge is -2.08. The average Bonchev–Trinajstić information content (AvgIpc) is 2.33. The molecule has 0 saturated carbocycles. The number of sulfonamides is 1. The van der Waals surface area contributed by atoms with Crippen LogP contribution < -0.4 is 4.72 Å². The Hall–Kier alpha value is -1.08. The Kier molecular flexibility index (Phi) is 4.15. The summed E-state index contributed by atoms with van der Waals surface area (Å²) in [7, 11) is -3.83. The molecule has 0 saturated heterocycles. The zero-order chi connectivity index (χ0) is 14.0. The highest BCUT2D eigenvalue weighted by atomic mass is 35.5. The lowest BCUT2D eigenvalue weighted by molar-refractivity contribution is 0.600. The van der Waals surface area contributed by atoms with Crippen LogP contribution in [0.3, 0.4) is 0 Å². The Balaban J connectivity index is 2.33. The van der Waals surface area contributed by atoms with E-state index in [1.54, 1.807) is 0 Å². The van der Waals surface area contributed by atoms with Gasteiger partial charge in [0.15, 0.2) is 5.82 Å². The van der Waals surface area contributed by atoms with Crippen LogP contribution in [-0.2, 0) is 10.0 Å². The molecule has 2 aromatic heterocycles. The minimum atomic E-state index is -3.83. The van der Waals surface area contributed by atoms with Crippen LogP contribution in [0.1, 0.15) is 0 Å². The van der Waals surface area contributed by atoms with Gasteiger partial charge in [0, 0.05) is 12.4 Å². The molecule has 0 spiro atoms. The third kappa shape index (κ3) is 3.48. The molecule has 0 fully saturated rings. The van der Waals surface area contributed by atoms with Gasteiger partial charge in [-0.1, -0.05) is 34.8 Å². The van der Waals surface area contributed by atoms with E-state index >= 15 is 0 Å². The number of aromatic nitrogens is 2. The summed E-state index contributed by atoms with van der Waals surface area (Å²) in [6.45, 7) is 0. The maximum absolute atomic E-state index is 12.0. The number of anilines is 1. The van der Waals surface area contributed by atoms with Crippen LogP contribution in [0, 0.1) is 0 Å². The number of rotatable bonds is 3. The highest BCUT2D eigenvalue weighted by Gasteiger charge is 2.17. The van der Waals surface area contributed by atoms with Crippen molar-refractivity contribution in [2.45, 2.75) is 4.90 Å².